The van der Waals surface area contributed by atoms with Crippen molar-refractivity contribution in [3.05, 3.63) is 46.8 Å². The summed E-state index contributed by atoms with van der Waals surface area (Å²) in [5, 5.41) is 7.88. The first-order chi connectivity index (χ1) is 13.7. The number of furan rings is 1. The largest absolute Gasteiger partial charge is 0.443 e. The number of nitrogens with one attached hydrogen (secondary N) is 1. The van der Waals surface area contributed by atoms with Crippen molar-refractivity contribution in [3.63, 3.8) is 0 Å². The van der Waals surface area contributed by atoms with Crippen molar-refractivity contribution < 1.29 is 18.4 Å². The van der Waals surface area contributed by atoms with Gasteiger partial charge in [-0.15, -0.1) is 0 Å². The van der Waals surface area contributed by atoms with Crippen LogP contribution in [-0.4, -0.2) is 35.4 Å². The summed E-state index contributed by atoms with van der Waals surface area (Å²) in [6.45, 7) is 8.61. The summed E-state index contributed by atoms with van der Waals surface area (Å²) in [5.74, 6) is -0.515. The molecule has 2 amide bonds. The molecule has 1 N–H and O–H groups in total. The van der Waals surface area contributed by atoms with Crippen LogP contribution in [0.2, 0.25) is 5.22 Å². The van der Waals surface area contributed by atoms with Gasteiger partial charge >= 0.3 is 0 Å². The molecule has 0 radical (unpaired) electrons. The molecule has 0 atom stereocenters. The number of rotatable bonds is 9. The monoisotopic (exact) mass is 424 g/mol. The molecule has 0 aromatic carbocycles. The van der Waals surface area contributed by atoms with Crippen LogP contribution in [0.25, 0.3) is 0 Å². The molecule has 0 unspecified atom stereocenters. The zero-order chi connectivity index (χ0) is 22.0. The topological polar surface area (TPSA) is 87.3 Å². The maximum atomic E-state index is 13.4. The lowest BCUT2D eigenvalue weighted by Gasteiger charge is -2.15. The summed E-state index contributed by atoms with van der Waals surface area (Å²) in [5.41, 5.74) is 1.25. The molecule has 1 heterocycles. The van der Waals surface area contributed by atoms with E-state index in [2.05, 4.69) is 15.4 Å². The van der Waals surface area contributed by atoms with Gasteiger partial charge in [-0.2, -0.15) is 5.10 Å². The highest BCUT2D eigenvalue weighted by molar-refractivity contribution is 6.29. The Morgan fingerprint density at radius 2 is 2.14 bits per heavy atom. The van der Waals surface area contributed by atoms with E-state index in [-0.39, 0.29) is 23.5 Å². The number of hydrogen-bond acceptors (Lipinski definition) is 5. The zero-order valence-corrected chi connectivity index (χ0v) is 18.0. The number of nitrogens with zero attached hydrogens (tertiary/aromatic N) is 3. The number of allylic oxidation sites excluding steroid dienone is 3. The Kier molecular flexibility index (Phi) is 10.0. The number of amidine groups is 1. The van der Waals surface area contributed by atoms with Gasteiger partial charge in [0.25, 0.3) is 0 Å². The third-order valence-corrected chi connectivity index (χ3v) is 3.73. The molecule has 9 heteroatoms. The first kappa shape index (κ1) is 24.3. The van der Waals surface area contributed by atoms with Crippen molar-refractivity contribution in [1.29, 1.82) is 0 Å². The van der Waals surface area contributed by atoms with Crippen LogP contribution in [0.5, 0.6) is 0 Å². The van der Waals surface area contributed by atoms with E-state index >= 15 is 0 Å². The second-order valence-corrected chi connectivity index (χ2v) is 6.87. The summed E-state index contributed by atoms with van der Waals surface area (Å²) in [7, 11) is 0. The lowest BCUT2D eigenvalue weighted by molar-refractivity contribution is -0.127. The Balaban J connectivity index is 2.89. The van der Waals surface area contributed by atoms with Crippen molar-refractivity contribution in [1.82, 2.24) is 10.3 Å². The summed E-state index contributed by atoms with van der Waals surface area (Å²) >= 11 is 5.89. The van der Waals surface area contributed by atoms with E-state index in [0.29, 0.717) is 24.3 Å². The number of hydrogen-bond donors (Lipinski definition) is 1. The van der Waals surface area contributed by atoms with Crippen LogP contribution in [-0.2, 0) is 9.59 Å². The third kappa shape index (κ3) is 8.43. The van der Waals surface area contributed by atoms with E-state index in [1.807, 2.05) is 27.7 Å². The molecule has 0 aliphatic rings. The normalized spacial score (nSPS) is 13.3. The molecule has 0 aliphatic carbocycles. The van der Waals surface area contributed by atoms with E-state index in [1.165, 1.54) is 13.0 Å². The quantitative estimate of drug-likeness (QED) is 0.210. The molecule has 0 saturated carbocycles. The van der Waals surface area contributed by atoms with Gasteiger partial charge in [0.15, 0.2) is 11.0 Å². The molecule has 1 aromatic heterocycles. The molecule has 0 fully saturated rings. The molecule has 1 aromatic rings. The fraction of sp³-hybridized carbons (Fsp3) is 0.400. The van der Waals surface area contributed by atoms with Crippen LogP contribution in [0.4, 0.5) is 4.39 Å². The molecule has 7 nitrogen and oxygen atoms in total. The first-order valence-electron chi connectivity index (χ1n) is 9.11. The highest BCUT2D eigenvalue weighted by Crippen LogP contribution is 2.22. The highest BCUT2D eigenvalue weighted by atomic mass is 35.5. The van der Waals surface area contributed by atoms with Gasteiger partial charge in [-0.3, -0.25) is 9.59 Å². The van der Waals surface area contributed by atoms with Crippen molar-refractivity contribution >= 4 is 35.5 Å². The van der Waals surface area contributed by atoms with Gasteiger partial charge in [0.2, 0.25) is 12.3 Å². The number of aryl methyl sites for hydroxylation is 1. The SMILES string of the molecule is CC/C=C/C(F)=C\N=C(/C)NC(=O)CN(C=O)/N=C(\c1oc(Cl)cc1C)C(C)C. The molecule has 29 heavy (non-hydrogen) atoms. The van der Waals surface area contributed by atoms with Crippen LogP contribution >= 0.6 is 11.6 Å². The van der Waals surface area contributed by atoms with E-state index in [0.717, 1.165) is 16.8 Å². The van der Waals surface area contributed by atoms with E-state index in [4.69, 9.17) is 16.0 Å². The fourth-order valence-corrected chi connectivity index (χ4v) is 2.45. The van der Waals surface area contributed by atoms with Gasteiger partial charge in [-0.05, 0) is 49.6 Å². The third-order valence-electron chi connectivity index (χ3n) is 3.55. The number of aliphatic imine (C=N–C) groups is 1. The Hall–Kier alpha value is -2.74. The molecule has 0 saturated heterocycles. The number of halogens is 2. The number of amides is 2. The standard InChI is InChI=1S/C20H26ClFN4O3/c1-6-7-8-16(22)10-23-15(5)24-18(28)11-26(12-27)25-19(13(2)3)20-14(4)9-17(21)29-20/h7-10,12-13H,6,11H2,1-5H3,(H,23,24,28)/b8-7+,16-10+,25-19-. The van der Waals surface area contributed by atoms with E-state index in [1.54, 1.807) is 12.1 Å². The Morgan fingerprint density at radius 3 is 2.66 bits per heavy atom. The Bertz CT molecular complexity index is 841. The van der Waals surface area contributed by atoms with Gasteiger partial charge in [0.1, 0.15) is 23.9 Å². The Labute approximate surface area is 175 Å². The molecule has 0 bridgehead atoms. The van der Waals surface area contributed by atoms with Gasteiger partial charge in [-0.25, -0.2) is 14.4 Å². The predicted octanol–water partition coefficient (Wildman–Crippen LogP) is 4.37. The van der Waals surface area contributed by atoms with Crippen LogP contribution < -0.4 is 5.32 Å². The van der Waals surface area contributed by atoms with Crippen molar-refractivity contribution in [2.45, 2.75) is 41.0 Å². The molecule has 1 rings (SSSR count). The maximum absolute atomic E-state index is 13.4. The number of carbonyl (C=O) groups is 2. The van der Waals surface area contributed by atoms with Crippen LogP contribution in [0.15, 0.2) is 44.8 Å². The smallest absolute Gasteiger partial charge is 0.247 e. The summed E-state index contributed by atoms with van der Waals surface area (Å²) in [6.07, 6.45) is 5.07. The average Bonchev–Trinajstić information content (AvgIpc) is 2.98. The minimum atomic E-state index is -0.534. The van der Waals surface area contributed by atoms with E-state index in [9.17, 15) is 14.0 Å². The van der Waals surface area contributed by atoms with Gasteiger partial charge < -0.3 is 9.73 Å². The van der Waals surface area contributed by atoms with Crippen molar-refractivity contribution in [3.8, 4) is 0 Å². The number of hydrazone groups is 1. The predicted molar refractivity (Wildman–Crippen MR) is 112 cm³/mol. The first-order valence-corrected chi connectivity index (χ1v) is 9.48. The van der Waals surface area contributed by atoms with Gasteiger partial charge in [0.05, 0.1) is 6.20 Å². The Morgan fingerprint density at radius 1 is 1.45 bits per heavy atom. The van der Waals surface area contributed by atoms with Crippen LogP contribution in [0, 0.1) is 12.8 Å². The van der Waals surface area contributed by atoms with Crippen LogP contribution in [0.1, 0.15) is 45.4 Å². The summed E-state index contributed by atoms with van der Waals surface area (Å²) in [4.78, 5) is 27.4. The number of carbonyl (C=O) groups excluding carboxylic acids is 2. The lowest BCUT2D eigenvalue weighted by atomic mass is 10.0. The second kappa shape index (κ2) is 12.0. The fourth-order valence-electron chi connectivity index (χ4n) is 2.21. The minimum absolute atomic E-state index is 0.0889. The maximum Gasteiger partial charge on any atom is 0.247 e. The average molecular weight is 425 g/mol. The molecular formula is C20H26ClFN4O3. The second-order valence-electron chi connectivity index (χ2n) is 6.49. The molecular weight excluding hydrogens is 399 g/mol. The zero-order valence-electron chi connectivity index (χ0n) is 17.2. The lowest BCUT2D eigenvalue weighted by Crippen LogP contribution is -2.37. The molecule has 0 spiro atoms. The molecule has 0 aliphatic heterocycles. The van der Waals surface area contributed by atoms with Gasteiger partial charge in [-0.1, -0.05) is 26.8 Å². The van der Waals surface area contributed by atoms with E-state index < -0.39 is 11.7 Å². The minimum Gasteiger partial charge on any atom is -0.443 e. The van der Waals surface area contributed by atoms with Crippen molar-refractivity contribution in [2.24, 2.45) is 16.0 Å². The van der Waals surface area contributed by atoms with Crippen LogP contribution in [0.3, 0.4) is 0 Å². The summed E-state index contributed by atoms with van der Waals surface area (Å²) < 4.78 is 18.9. The van der Waals surface area contributed by atoms with Gasteiger partial charge in [0, 0.05) is 5.92 Å². The highest BCUT2D eigenvalue weighted by Gasteiger charge is 2.19. The summed E-state index contributed by atoms with van der Waals surface area (Å²) in [6, 6.07) is 1.65. The van der Waals surface area contributed by atoms with Crippen molar-refractivity contribution in [2.75, 3.05) is 6.54 Å². The molecule has 158 valence electrons.